The number of hydrogen-bond acceptors (Lipinski definition) is 6. The predicted molar refractivity (Wildman–Crippen MR) is 91.7 cm³/mol. The van der Waals surface area contributed by atoms with E-state index < -0.39 is 6.36 Å². The number of halogens is 3. The number of carbonyl (C=O) groups is 1. The van der Waals surface area contributed by atoms with Gasteiger partial charge in [-0.3, -0.25) is 4.79 Å². The van der Waals surface area contributed by atoms with Gasteiger partial charge in [-0.2, -0.15) is 0 Å². The Labute approximate surface area is 158 Å². The number of carbonyl (C=O) groups excluding carboxylic acids is 1. The molecule has 2 aliphatic heterocycles. The zero-order valence-corrected chi connectivity index (χ0v) is 14.7. The number of rotatable bonds is 5. The fourth-order valence-corrected chi connectivity index (χ4v) is 3.21. The Kier molecular flexibility index (Phi) is 4.58. The van der Waals surface area contributed by atoms with E-state index in [9.17, 15) is 18.0 Å². The van der Waals surface area contributed by atoms with E-state index in [1.165, 1.54) is 30.6 Å². The Morgan fingerprint density at radius 2 is 2.11 bits per heavy atom. The highest BCUT2D eigenvalue weighted by Gasteiger charge is 2.53. The third-order valence-corrected chi connectivity index (χ3v) is 4.84. The summed E-state index contributed by atoms with van der Waals surface area (Å²) in [5.74, 6) is -0.0585. The molecule has 1 amide bonds. The second-order valence-corrected chi connectivity index (χ2v) is 6.76. The Bertz CT molecular complexity index is 864. The maximum atomic E-state index is 12.5. The molecule has 4 rings (SSSR count). The van der Waals surface area contributed by atoms with Crippen LogP contribution in [0.2, 0.25) is 0 Å². The standard InChI is InChI=1S/C18H17F3N4O3/c19-18(20,21)28-13-3-1-2-12(6-13)7-23-15-9-22-14(8-24-15)16(26)25-5-4-17(25)10-27-11-17/h1-3,6,8-9H,4-5,7,10-11H2,(H,23,24). The van der Waals surface area contributed by atoms with E-state index in [0.29, 0.717) is 31.1 Å². The van der Waals surface area contributed by atoms with Crippen LogP contribution in [0, 0.1) is 0 Å². The molecule has 2 fully saturated rings. The lowest BCUT2D eigenvalue weighted by molar-refractivity contribution is -0.274. The van der Waals surface area contributed by atoms with Crippen molar-refractivity contribution >= 4 is 11.7 Å². The van der Waals surface area contributed by atoms with Gasteiger partial charge >= 0.3 is 6.36 Å². The summed E-state index contributed by atoms with van der Waals surface area (Å²) >= 11 is 0. The maximum Gasteiger partial charge on any atom is 0.573 e. The lowest BCUT2D eigenvalue weighted by atomic mass is 9.82. The van der Waals surface area contributed by atoms with Crippen molar-refractivity contribution in [2.75, 3.05) is 25.1 Å². The summed E-state index contributed by atoms with van der Waals surface area (Å²) in [7, 11) is 0. The van der Waals surface area contributed by atoms with Crippen LogP contribution in [0.25, 0.3) is 0 Å². The average Bonchev–Trinajstić information content (AvgIpc) is 2.57. The van der Waals surface area contributed by atoms with Crippen LogP contribution < -0.4 is 10.1 Å². The normalized spacial score (nSPS) is 17.6. The molecule has 0 unspecified atom stereocenters. The molecule has 148 valence electrons. The van der Waals surface area contributed by atoms with Gasteiger partial charge in [0.25, 0.3) is 5.91 Å². The molecule has 1 aromatic heterocycles. The van der Waals surface area contributed by atoms with Crippen LogP contribution in [0.1, 0.15) is 22.5 Å². The summed E-state index contributed by atoms with van der Waals surface area (Å²) < 4.78 is 46.0. The minimum atomic E-state index is -4.74. The molecule has 0 saturated carbocycles. The topological polar surface area (TPSA) is 76.6 Å². The molecule has 0 radical (unpaired) electrons. The van der Waals surface area contributed by atoms with Crippen molar-refractivity contribution in [3.8, 4) is 5.75 Å². The number of alkyl halides is 3. The number of nitrogens with zero attached hydrogens (tertiary/aromatic N) is 3. The van der Waals surface area contributed by atoms with E-state index in [1.807, 2.05) is 0 Å². The van der Waals surface area contributed by atoms with E-state index in [1.54, 1.807) is 11.0 Å². The smallest absolute Gasteiger partial charge is 0.406 e. The Hall–Kier alpha value is -2.88. The number of amides is 1. The summed E-state index contributed by atoms with van der Waals surface area (Å²) in [5.41, 5.74) is 0.660. The van der Waals surface area contributed by atoms with Gasteiger partial charge in [-0.1, -0.05) is 12.1 Å². The number of nitrogens with one attached hydrogen (secondary N) is 1. The number of aromatic nitrogens is 2. The van der Waals surface area contributed by atoms with Gasteiger partial charge in [-0.15, -0.1) is 13.2 Å². The quantitative estimate of drug-likeness (QED) is 0.840. The van der Waals surface area contributed by atoms with Crippen LogP contribution in [0.3, 0.4) is 0 Å². The van der Waals surface area contributed by atoms with Gasteiger partial charge < -0.3 is 19.7 Å². The summed E-state index contributed by atoms with van der Waals surface area (Å²) in [4.78, 5) is 22.6. The van der Waals surface area contributed by atoms with Crippen molar-refractivity contribution in [1.29, 1.82) is 0 Å². The molecule has 2 aromatic rings. The molecule has 1 N–H and O–H groups in total. The molecular weight excluding hydrogens is 377 g/mol. The Morgan fingerprint density at radius 3 is 2.68 bits per heavy atom. The van der Waals surface area contributed by atoms with Crippen LogP contribution in [0.5, 0.6) is 5.75 Å². The number of ether oxygens (including phenoxy) is 2. The molecule has 0 bridgehead atoms. The van der Waals surface area contributed by atoms with E-state index in [4.69, 9.17) is 4.74 Å². The highest BCUT2D eigenvalue weighted by molar-refractivity contribution is 5.93. The average molecular weight is 394 g/mol. The lowest BCUT2D eigenvalue weighted by Crippen LogP contribution is -2.72. The first-order chi connectivity index (χ1) is 13.3. The van der Waals surface area contributed by atoms with Gasteiger partial charge in [0.15, 0.2) is 0 Å². The van der Waals surface area contributed by atoms with Crippen molar-refractivity contribution < 1.29 is 27.4 Å². The van der Waals surface area contributed by atoms with Gasteiger partial charge in [-0.25, -0.2) is 9.97 Å². The van der Waals surface area contributed by atoms with Crippen molar-refractivity contribution in [3.63, 3.8) is 0 Å². The van der Waals surface area contributed by atoms with Crippen molar-refractivity contribution in [2.45, 2.75) is 24.9 Å². The molecule has 1 aromatic carbocycles. The molecule has 0 atom stereocenters. The van der Waals surface area contributed by atoms with Crippen LogP contribution in [0.4, 0.5) is 19.0 Å². The minimum absolute atomic E-state index is 0.167. The van der Waals surface area contributed by atoms with Gasteiger partial charge in [-0.05, 0) is 24.1 Å². The van der Waals surface area contributed by atoms with Gasteiger partial charge in [0.1, 0.15) is 17.3 Å². The van der Waals surface area contributed by atoms with Crippen LogP contribution >= 0.6 is 0 Å². The van der Waals surface area contributed by atoms with Crippen molar-refractivity contribution in [3.05, 3.63) is 47.9 Å². The molecule has 1 spiro atoms. The zero-order chi connectivity index (χ0) is 19.8. The molecule has 2 aliphatic rings. The summed E-state index contributed by atoms with van der Waals surface area (Å²) in [6, 6.07) is 5.65. The number of anilines is 1. The van der Waals surface area contributed by atoms with Crippen LogP contribution in [-0.2, 0) is 11.3 Å². The molecular formula is C18H17F3N4O3. The molecule has 2 saturated heterocycles. The van der Waals surface area contributed by atoms with Crippen LogP contribution in [0.15, 0.2) is 36.7 Å². The van der Waals surface area contributed by atoms with Gasteiger partial charge in [0, 0.05) is 13.1 Å². The monoisotopic (exact) mass is 394 g/mol. The minimum Gasteiger partial charge on any atom is -0.406 e. The molecule has 7 nitrogen and oxygen atoms in total. The first-order valence-corrected chi connectivity index (χ1v) is 8.65. The van der Waals surface area contributed by atoms with E-state index in [2.05, 4.69) is 20.0 Å². The lowest BCUT2D eigenvalue weighted by Gasteiger charge is -2.57. The van der Waals surface area contributed by atoms with Crippen molar-refractivity contribution in [2.24, 2.45) is 0 Å². The first kappa shape index (κ1) is 18.5. The van der Waals surface area contributed by atoms with Crippen molar-refractivity contribution in [1.82, 2.24) is 14.9 Å². The highest BCUT2D eigenvalue weighted by Crippen LogP contribution is 2.38. The summed E-state index contributed by atoms with van der Waals surface area (Å²) in [6.07, 6.45) is -0.990. The van der Waals surface area contributed by atoms with E-state index >= 15 is 0 Å². The molecule has 0 aliphatic carbocycles. The van der Waals surface area contributed by atoms with E-state index in [0.717, 1.165) is 6.42 Å². The second kappa shape index (κ2) is 6.93. The fourth-order valence-electron chi connectivity index (χ4n) is 3.21. The largest absolute Gasteiger partial charge is 0.573 e. The predicted octanol–water partition coefficient (Wildman–Crippen LogP) is 2.60. The van der Waals surface area contributed by atoms with Crippen LogP contribution in [-0.4, -0.2) is 52.4 Å². The highest BCUT2D eigenvalue weighted by atomic mass is 19.4. The van der Waals surface area contributed by atoms with E-state index in [-0.39, 0.29) is 29.4 Å². The van der Waals surface area contributed by atoms with Gasteiger partial charge in [0.05, 0.1) is 31.1 Å². The first-order valence-electron chi connectivity index (χ1n) is 8.65. The molecule has 10 heteroatoms. The zero-order valence-electron chi connectivity index (χ0n) is 14.7. The molecule has 28 heavy (non-hydrogen) atoms. The number of hydrogen-bond donors (Lipinski definition) is 1. The third-order valence-electron chi connectivity index (χ3n) is 4.84. The second-order valence-electron chi connectivity index (χ2n) is 6.76. The number of benzene rings is 1. The fraction of sp³-hybridized carbons (Fsp3) is 0.389. The maximum absolute atomic E-state index is 12.5. The summed E-state index contributed by atoms with van der Waals surface area (Å²) in [5, 5.41) is 2.96. The Morgan fingerprint density at radius 1 is 1.29 bits per heavy atom. The number of likely N-dealkylation sites (tertiary alicyclic amines) is 1. The Balaban J connectivity index is 1.35. The summed E-state index contributed by atoms with van der Waals surface area (Å²) in [6.45, 7) is 2.02. The third kappa shape index (κ3) is 3.72. The van der Waals surface area contributed by atoms with Gasteiger partial charge in [0.2, 0.25) is 0 Å². The SMILES string of the molecule is O=C(c1cnc(NCc2cccc(OC(F)(F)F)c2)cn1)N1CCC12COC2. The molecule has 3 heterocycles.